The van der Waals surface area contributed by atoms with Crippen LogP contribution in [0.4, 0.5) is 11.5 Å². The lowest BCUT2D eigenvalue weighted by molar-refractivity contribution is -0.384. The van der Waals surface area contributed by atoms with E-state index in [1.165, 1.54) is 12.8 Å². The second-order valence-electron chi connectivity index (χ2n) is 5.10. The first-order valence-electron chi connectivity index (χ1n) is 6.80. The molecule has 0 saturated carbocycles. The number of nitrogens with zero attached hydrogens (tertiary/aromatic N) is 4. The molecule has 2 rings (SSSR count). The molecule has 1 saturated heterocycles. The quantitative estimate of drug-likeness (QED) is 0.622. The molecular formula is C13H18N4O4. The van der Waals surface area contributed by atoms with E-state index in [1.54, 1.807) is 11.9 Å². The van der Waals surface area contributed by atoms with Gasteiger partial charge < -0.3 is 14.9 Å². The van der Waals surface area contributed by atoms with Gasteiger partial charge in [0.25, 0.3) is 0 Å². The predicted molar refractivity (Wildman–Crippen MR) is 76.8 cm³/mol. The van der Waals surface area contributed by atoms with Crippen molar-refractivity contribution in [3.63, 3.8) is 0 Å². The average Bonchev–Trinajstić information content (AvgIpc) is 2.97. The molecule has 0 amide bonds. The van der Waals surface area contributed by atoms with Gasteiger partial charge in [-0.05, 0) is 25.9 Å². The molecule has 0 spiro atoms. The van der Waals surface area contributed by atoms with E-state index < -0.39 is 10.9 Å². The molecule has 8 nitrogen and oxygen atoms in total. The molecule has 21 heavy (non-hydrogen) atoms. The summed E-state index contributed by atoms with van der Waals surface area (Å²) < 4.78 is 0. The predicted octanol–water partition coefficient (Wildman–Crippen LogP) is 1.22. The molecule has 114 valence electrons. The maximum absolute atomic E-state index is 11.1. The number of carboxylic acid groups (broad SMARTS) is 1. The second-order valence-corrected chi connectivity index (χ2v) is 5.10. The Morgan fingerprint density at radius 2 is 2.19 bits per heavy atom. The molecule has 1 aromatic heterocycles. The van der Waals surface area contributed by atoms with Gasteiger partial charge in [-0.15, -0.1) is 0 Å². The minimum absolute atomic E-state index is 0.182. The lowest BCUT2D eigenvalue weighted by Crippen LogP contribution is -2.32. The number of likely N-dealkylation sites (N-methyl/N-ethyl adjacent to an activating group) is 1. The van der Waals surface area contributed by atoms with Crippen LogP contribution in [0.25, 0.3) is 0 Å². The average molecular weight is 294 g/mol. The number of carboxylic acids is 1. The highest BCUT2D eigenvalue weighted by molar-refractivity contribution is 5.88. The fraction of sp³-hybridized carbons (Fsp3) is 0.538. The van der Waals surface area contributed by atoms with Gasteiger partial charge in [-0.2, -0.15) is 0 Å². The molecule has 0 atom stereocenters. The van der Waals surface area contributed by atoms with E-state index in [2.05, 4.69) is 9.88 Å². The molecule has 1 fully saturated rings. The van der Waals surface area contributed by atoms with E-state index in [1.807, 2.05) is 0 Å². The summed E-state index contributed by atoms with van der Waals surface area (Å²) in [6.45, 7) is 3.54. The van der Waals surface area contributed by atoms with Crippen LogP contribution in [-0.2, 0) is 0 Å². The van der Waals surface area contributed by atoms with Gasteiger partial charge in [-0.3, -0.25) is 10.1 Å². The van der Waals surface area contributed by atoms with Crippen molar-refractivity contribution in [2.24, 2.45) is 0 Å². The first-order valence-corrected chi connectivity index (χ1v) is 6.80. The van der Waals surface area contributed by atoms with Crippen LogP contribution in [0.2, 0.25) is 0 Å². The Labute approximate surface area is 122 Å². The summed E-state index contributed by atoms with van der Waals surface area (Å²) in [7, 11) is 1.73. The Kier molecular flexibility index (Phi) is 4.69. The molecule has 1 aliphatic rings. The second kappa shape index (κ2) is 6.49. The molecule has 0 radical (unpaired) electrons. The van der Waals surface area contributed by atoms with Crippen molar-refractivity contribution in [1.82, 2.24) is 9.88 Å². The zero-order valence-electron chi connectivity index (χ0n) is 11.9. The zero-order valence-corrected chi connectivity index (χ0v) is 11.9. The number of likely N-dealkylation sites (tertiary alicyclic amines) is 1. The number of hydrogen-bond acceptors (Lipinski definition) is 6. The van der Waals surface area contributed by atoms with Crippen LogP contribution < -0.4 is 4.90 Å². The lowest BCUT2D eigenvalue weighted by atomic mass is 10.2. The highest BCUT2D eigenvalue weighted by Gasteiger charge is 2.22. The first kappa shape index (κ1) is 15.2. The Bertz CT molecular complexity index is 543. The number of anilines is 1. The molecular weight excluding hydrogens is 276 g/mol. The van der Waals surface area contributed by atoms with Gasteiger partial charge in [0, 0.05) is 32.4 Å². The monoisotopic (exact) mass is 294 g/mol. The summed E-state index contributed by atoms with van der Waals surface area (Å²) in [5.74, 6) is -1.03. The van der Waals surface area contributed by atoms with Gasteiger partial charge in [0.15, 0.2) is 0 Å². The van der Waals surface area contributed by atoms with Crippen LogP contribution in [0.15, 0.2) is 12.3 Å². The van der Waals surface area contributed by atoms with E-state index in [0.29, 0.717) is 6.54 Å². The van der Waals surface area contributed by atoms with Crippen molar-refractivity contribution in [2.45, 2.75) is 12.8 Å². The van der Waals surface area contributed by atoms with Crippen molar-refractivity contribution in [2.75, 3.05) is 38.1 Å². The van der Waals surface area contributed by atoms with E-state index in [9.17, 15) is 14.9 Å². The first-order chi connectivity index (χ1) is 9.99. The molecule has 1 aliphatic heterocycles. The van der Waals surface area contributed by atoms with Crippen LogP contribution in [0, 0.1) is 10.1 Å². The van der Waals surface area contributed by atoms with Gasteiger partial charge in [0.1, 0.15) is 0 Å². The topological polar surface area (TPSA) is 99.8 Å². The minimum Gasteiger partial charge on any atom is -0.478 e. The number of hydrogen-bond donors (Lipinski definition) is 1. The van der Waals surface area contributed by atoms with Crippen molar-refractivity contribution < 1.29 is 14.8 Å². The summed E-state index contributed by atoms with van der Waals surface area (Å²) >= 11 is 0. The summed E-state index contributed by atoms with van der Waals surface area (Å²) in [5.41, 5.74) is -0.461. The minimum atomic E-state index is -1.23. The van der Waals surface area contributed by atoms with E-state index in [-0.39, 0.29) is 17.1 Å². The third-order valence-corrected chi connectivity index (χ3v) is 3.60. The van der Waals surface area contributed by atoms with Gasteiger partial charge in [0.2, 0.25) is 5.82 Å². The van der Waals surface area contributed by atoms with Crippen molar-refractivity contribution >= 4 is 17.5 Å². The van der Waals surface area contributed by atoms with Gasteiger partial charge in [-0.25, -0.2) is 9.78 Å². The Hall–Kier alpha value is -2.22. The summed E-state index contributed by atoms with van der Waals surface area (Å²) in [6, 6.07) is 1.05. The van der Waals surface area contributed by atoms with Crippen LogP contribution in [0.1, 0.15) is 23.2 Å². The number of pyridine rings is 1. The smallest absolute Gasteiger partial charge is 0.337 e. The molecule has 8 heteroatoms. The lowest BCUT2D eigenvalue weighted by Gasteiger charge is -2.22. The van der Waals surface area contributed by atoms with Crippen molar-refractivity contribution in [3.8, 4) is 0 Å². The highest BCUT2D eigenvalue weighted by Crippen LogP contribution is 2.25. The van der Waals surface area contributed by atoms with E-state index in [0.717, 1.165) is 31.9 Å². The van der Waals surface area contributed by atoms with E-state index >= 15 is 0 Å². The maximum Gasteiger partial charge on any atom is 0.337 e. The van der Waals surface area contributed by atoms with Gasteiger partial charge >= 0.3 is 11.7 Å². The molecule has 2 heterocycles. The van der Waals surface area contributed by atoms with Crippen molar-refractivity contribution in [3.05, 3.63) is 27.9 Å². The fourth-order valence-corrected chi connectivity index (χ4v) is 2.39. The summed E-state index contributed by atoms with van der Waals surface area (Å²) in [6.07, 6.45) is 3.53. The highest BCUT2D eigenvalue weighted by atomic mass is 16.6. The molecule has 0 unspecified atom stereocenters. The number of aromatic carboxylic acids is 1. The summed E-state index contributed by atoms with van der Waals surface area (Å²) in [5, 5.41) is 20.0. The van der Waals surface area contributed by atoms with Crippen molar-refractivity contribution in [1.29, 1.82) is 0 Å². The molecule has 0 aromatic carbocycles. The third-order valence-electron chi connectivity index (χ3n) is 3.60. The number of nitro groups is 1. The normalized spacial score (nSPS) is 15.1. The Morgan fingerprint density at radius 3 is 2.76 bits per heavy atom. The van der Waals surface area contributed by atoms with Crippen LogP contribution in [-0.4, -0.2) is 59.1 Å². The molecule has 1 N–H and O–H groups in total. The third kappa shape index (κ3) is 3.66. The van der Waals surface area contributed by atoms with Crippen LogP contribution >= 0.6 is 0 Å². The molecule has 1 aromatic rings. The van der Waals surface area contributed by atoms with Gasteiger partial charge in [-0.1, -0.05) is 0 Å². The van der Waals surface area contributed by atoms with Crippen LogP contribution in [0.3, 0.4) is 0 Å². The maximum atomic E-state index is 11.1. The SMILES string of the molecule is CN(CCN1CCCC1)c1ncc(C(=O)O)cc1[N+](=O)[O-]. The standard InChI is InChI=1S/C13H18N4O4/c1-15(6-7-16-4-2-3-5-16)12-11(17(20)21)8-10(9-14-12)13(18)19/h8-9H,2-7H2,1H3,(H,18,19). The number of carbonyl (C=O) groups is 1. The fourth-order valence-electron chi connectivity index (χ4n) is 2.39. The van der Waals surface area contributed by atoms with Crippen LogP contribution in [0.5, 0.6) is 0 Å². The van der Waals surface area contributed by atoms with Gasteiger partial charge in [0.05, 0.1) is 10.5 Å². The summed E-state index contributed by atoms with van der Waals surface area (Å²) in [4.78, 5) is 29.3. The largest absolute Gasteiger partial charge is 0.478 e. The molecule has 0 bridgehead atoms. The number of aromatic nitrogens is 1. The Balaban J connectivity index is 2.13. The van der Waals surface area contributed by atoms with E-state index in [4.69, 9.17) is 5.11 Å². The zero-order chi connectivity index (χ0) is 15.4. The Morgan fingerprint density at radius 1 is 1.52 bits per heavy atom. The molecule has 0 aliphatic carbocycles. The number of rotatable bonds is 6.